The molecule has 0 amide bonds. The number of methoxy groups -OCH3 is 1. The van der Waals surface area contributed by atoms with Gasteiger partial charge in [-0.1, -0.05) is 25.5 Å². The standard InChI is InChI=1S/C20H28O4/c1-14-17-4-3-5-18(21)19(17,10-11-20(14)23-12-13-24-20)15-6-8-16(22-2)9-7-15/h6-9,14,17-18,21H,3-5,10-13H2,1-2H3/t14-,17-,18-,19+/m0/s1. The molecule has 4 rings (SSSR count). The second-order valence-corrected chi connectivity index (χ2v) is 7.62. The van der Waals surface area contributed by atoms with Crippen molar-refractivity contribution in [3.8, 4) is 5.75 Å². The molecule has 0 radical (unpaired) electrons. The third kappa shape index (κ3) is 2.23. The predicted octanol–water partition coefficient (Wildman–Crippen LogP) is 3.27. The molecule has 0 unspecified atom stereocenters. The Morgan fingerprint density at radius 2 is 1.79 bits per heavy atom. The van der Waals surface area contributed by atoms with Crippen LogP contribution >= 0.6 is 0 Å². The van der Waals surface area contributed by atoms with E-state index in [9.17, 15) is 5.11 Å². The maximum atomic E-state index is 11.1. The minimum Gasteiger partial charge on any atom is -0.497 e. The number of aliphatic hydroxyl groups excluding tert-OH is 1. The van der Waals surface area contributed by atoms with E-state index in [0.29, 0.717) is 19.1 Å². The Labute approximate surface area is 144 Å². The fourth-order valence-corrected chi connectivity index (χ4v) is 5.59. The van der Waals surface area contributed by atoms with E-state index in [4.69, 9.17) is 14.2 Å². The number of fused-ring (bicyclic) bond motifs is 1. The molecule has 0 bridgehead atoms. The number of ether oxygens (including phenoxy) is 3. The van der Waals surface area contributed by atoms with E-state index in [0.717, 1.165) is 37.9 Å². The Kier molecular flexibility index (Phi) is 4.10. The third-order valence-electron chi connectivity index (χ3n) is 6.84. The van der Waals surface area contributed by atoms with E-state index in [1.165, 1.54) is 5.56 Å². The van der Waals surface area contributed by atoms with Crippen molar-refractivity contribution in [2.45, 2.75) is 56.3 Å². The highest BCUT2D eigenvalue weighted by atomic mass is 16.7. The van der Waals surface area contributed by atoms with Crippen molar-refractivity contribution in [2.75, 3.05) is 20.3 Å². The Morgan fingerprint density at radius 1 is 1.08 bits per heavy atom. The van der Waals surface area contributed by atoms with Gasteiger partial charge in [0.1, 0.15) is 5.75 Å². The van der Waals surface area contributed by atoms with Crippen molar-refractivity contribution in [1.82, 2.24) is 0 Å². The molecule has 1 heterocycles. The summed E-state index contributed by atoms with van der Waals surface area (Å²) in [6.07, 6.45) is 4.54. The normalized spacial score (nSPS) is 38.0. The minimum absolute atomic E-state index is 0.190. The second kappa shape index (κ2) is 6.01. The molecule has 1 aliphatic heterocycles. The molecule has 2 aliphatic carbocycles. The molecular weight excluding hydrogens is 304 g/mol. The largest absolute Gasteiger partial charge is 0.497 e. The third-order valence-corrected chi connectivity index (χ3v) is 6.84. The Balaban J connectivity index is 1.74. The highest BCUT2D eigenvalue weighted by Crippen LogP contribution is 2.58. The van der Waals surface area contributed by atoms with Crippen LogP contribution in [0.3, 0.4) is 0 Å². The Hall–Kier alpha value is -1.10. The molecule has 4 atom stereocenters. The predicted molar refractivity (Wildman–Crippen MR) is 91.1 cm³/mol. The number of rotatable bonds is 2. The van der Waals surface area contributed by atoms with Crippen LogP contribution in [0.25, 0.3) is 0 Å². The summed E-state index contributed by atoms with van der Waals surface area (Å²) in [6.45, 7) is 3.63. The van der Waals surface area contributed by atoms with Gasteiger partial charge in [-0.3, -0.25) is 0 Å². The van der Waals surface area contributed by atoms with Gasteiger partial charge in [0.05, 0.1) is 26.4 Å². The minimum atomic E-state index is -0.433. The van der Waals surface area contributed by atoms with Crippen LogP contribution in [0.2, 0.25) is 0 Å². The van der Waals surface area contributed by atoms with E-state index >= 15 is 0 Å². The average Bonchev–Trinajstić information content (AvgIpc) is 3.09. The van der Waals surface area contributed by atoms with Crippen LogP contribution in [-0.2, 0) is 14.9 Å². The summed E-state index contributed by atoms with van der Waals surface area (Å²) in [6, 6.07) is 8.31. The number of hydrogen-bond donors (Lipinski definition) is 1. The second-order valence-electron chi connectivity index (χ2n) is 7.62. The van der Waals surface area contributed by atoms with Gasteiger partial charge in [0, 0.05) is 17.8 Å². The Morgan fingerprint density at radius 3 is 2.46 bits per heavy atom. The first kappa shape index (κ1) is 16.4. The first-order valence-corrected chi connectivity index (χ1v) is 9.23. The maximum absolute atomic E-state index is 11.1. The van der Waals surface area contributed by atoms with E-state index in [2.05, 4.69) is 19.1 Å². The summed E-state index contributed by atoms with van der Waals surface area (Å²) in [5.41, 5.74) is 1.05. The van der Waals surface area contributed by atoms with E-state index < -0.39 is 5.79 Å². The quantitative estimate of drug-likeness (QED) is 0.903. The van der Waals surface area contributed by atoms with Crippen molar-refractivity contribution < 1.29 is 19.3 Å². The number of benzene rings is 1. The summed E-state index contributed by atoms with van der Waals surface area (Å²) in [7, 11) is 1.69. The SMILES string of the molecule is COc1ccc([C@]23CCC4(OCCO4)[C@@H](C)[C@@H]2CCC[C@@H]3O)cc1. The van der Waals surface area contributed by atoms with Gasteiger partial charge in [0.2, 0.25) is 0 Å². The summed E-state index contributed by atoms with van der Waals surface area (Å²) in [5.74, 6) is 1.09. The summed E-state index contributed by atoms with van der Waals surface area (Å²) in [5, 5.41) is 11.1. The van der Waals surface area contributed by atoms with Gasteiger partial charge >= 0.3 is 0 Å². The lowest BCUT2D eigenvalue weighted by molar-refractivity contribution is -0.246. The molecule has 4 nitrogen and oxygen atoms in total. The Bertz CT molecular complexity index is 578. The molecule has 1 saturated heterocycles. The molecule has 1 aromatic rings. The average molecular weight is 332 g/mol. The topological polar surface area (TPSA) is 47.9 Å². The van der Waals surface area contributed by atoms with E-state index in [1.54, 1.807) is 7.11 Å². The molecule has 0 aromatic heterocycles. The van der Waals surface area contributed by atoms with Crippen LogP contribution in [0.1, 0.15) is 44.6 Å². The van der Waals surface area contributed by atoms with Crippen LogP contribution in [0.15, 0.2) is 24.3 Å². The molecule has 132 valence electrons. The zero-order chi connectivity index (χ0) is 16.8. The van der Waals surface area contributed by atoms with E-state index in [-0.39, 0.29) is 17.4 Å². The first-order valence-electron chi connectivity index (χ1n) is 9.23. The fourth-order valence-electron chi connectivity index (χ4n) is 5.59. The van der Waals surface area contributed by atoms with Gasteiger partial charge in [-0.25, -0.2) is 0 Å². The van der Waals surface area contributed by atoms with E-state index in [1.807, 2.05) is 12.1 Å². The van der Waals surface area contributed by atoms with Crippen molar-refractivity contribution in [1.29, 1.82) is 0 Å². The molecule has 24 heavy (non-hydrogen) atoms. The molecule has 4 heteroatoms. The molecule has 2 saturated carbocycles. The van der Waals surface area contributed by atoms with Crippen LogP contribution in [-0.4, -0.2) is 37.3 Å². The maximum Gasteiger partial charge on any atom is 0.171 e. The zero-order valence-electron chi connectivity index (χ0n) is 14.7. The summed E-state index contributed by atoms with van der Waals surface area (Å²) < 4.78 is 17.5. The van der Waals surface area contributed by atoms with Gasteiger partial charge in [-0.2, -0.15) is 0 Å². The highest BCUT2D eigenvalue weighted by molar-refractivity contribution is 5.36. The van der Waals surface area contributed by atoms with Crippen LogP contribution in [0.5, 0.6) is 5.75 Å². The van der Waals surface area contributed by atoms with Gasteiger partial charge in [0.25, 0.3) is 0 Å². The van der Waals surface area contributed by atoms with Gasteiger partial charge < -0.3 is 19.3 Å². The smallest absolute Gasteiger partial charge is 0.171 e. The van der Waals surface area contributed by atoms with Crippen LogP contribution in [0, 0.1) is 11.8 Å². The molecular formula is C20H28O4. The van der Waals surface area contributed by atoms with Gasteiger partial charge in [-0.15, -0.1) is 0 Å². The van der Waals surface area contributed by atoms with Crippen LogP contribution in [0.4, 0.5) is 0 Å². The van der Waals surface area contributed by atoms with Gasteiger partial charge in [-0.05, 0) is 42.9 Å². The summed E-state index contributed by atoms with van der Waals surface area (Å²) in [4.78, 5) is 0. The molecule has 1 spiro atoms. The molecule has 3 fully saturated rings. The molecule has 3 aliphatic rings. The van der Waals surface area contributed by atoms with Crippen LogP contribution < -0.4 is 4.74 Å². The lowest BCUT2D eigenvalue weighted by atomic mass is 9.51. The fraction of sp³-hybridized carbons (Fsp3) is 0.700. The van der Waals surface area contributed by atoms with Crippen molar-refractivity contribution in [3.05, 3.63) is 29.8 Å². The lowest BCUT2D eigenvalue weighted by Crippen LogP contribution is -2.60. The number of hydrogen-bond acceptors (Lipinski definition) is 4. The molecule has 1 aromatic carbocycles. The first-order chi connectivity index (χ1) is 11.6. The molecule has 1 N–H and O–H groups in total. The van der Waals surface area contributed by atoms with Crippen molar-refractivity contribution in [3.63, 3.8) is 0 Å². The number of aliphatic hydroxyl groups is 1. The van der Waals surface area contributed by atoms with Crippen molar-refractivity contribution >= 4 is 0 Å². The van der Waals surface area contributed by atoms with Crippen molar-refractivity contribution in [2.24, 2.45) is 11.8 Å². The lowest BCUT2D eigenvalue weighted by Gasteiger charge is -2.57. The monoisotopic (exact) mass is 332 g/mol. The van der Waals surface area contributed by atoms with Gasteiger partial charge in [0.15, 0.2) is 5.79 Å². The summed E-state index contributed by atoms with van der Waals surface area (Å²) >= 11 is 0. The zero-order valence-corrected chi connectivity index (χ0v) is 14.7. The highest BCUT2D eigenvalue weighted by Gasteiger charge is 2.60.